The predicted molar refractivity (Wildman–Crippen MR) is 298 cm³/mol. The highest BCUT2D eigenvalue weighted by Crippen LogP contribution is 2.50. The summed E-state index contributed by atoms with van der Waals surface area (Å²) in [5, 5.41) is 51.5. The molecule has 18 heteroatoms. The maximum absolute atomic E-state index is 14.8. The zero-order valence-corrected chi connectivity index (χ0v) is 42.9. The molecule has 7 aromatic carbocycles. The number of fused-ring (bicyclic) bond motifs is 10. The number of nitrogens with one attached hydrogen (secondary N) is 4. The number of halogens is 2. The first-order valence-electron chi connectivity index (χ1n) is 25.0. The number of amidine groups is 1. The molecule has 3 aliphatic rings. The number of H-pyrrole nitrogens is 1. The Bertz CT molecular complexity index is 3840. The van der Waals surface area contributed by atoms with Crippen molar-refractivity contribution in [2.75, 3.05) is 58.0 Å². The lowest BCUT2D eigenvalue weighted by Crippen LogP contribution is -2.31. The standard InChI is InChI=1S/C58H52Cl2N8O8/c1-3-30-25-66(52(73)15-29-4-8-37-40(14-29)54-35(24-60)27-68(47(54)22-49(37)71)58(76)44-19-33-16-36(64-28(2)69)7-11-43(33)65-44)45-20-48(70)39-10-6-32(18-42(39)53(30)45)57(75)67-26-34(23-59)55-41-17-31(56(74)63-13-12-51(61)62)5-9-38(41)50(72)21-46(55)67/h4-11,14,16-22,30,34-35,65,70-72H,3,12-13,15,23-27H2,1-2H3,(H3,61,62)(H,63,74)(H,64,69). The number of benzene rings is 7. The molecule has 8 aromatic rings. The van der Waals surface area contributed by atoms with Crippen molar-refractivity contribution in [2.45, 2.75) is 50.9 Å². The number of carbonyl (C=O) groups excluding carboxylic acids is 5. The molecule has 0 spiro atoms. The number of phenols is 3. The Hall–Kier alpha value is -8.34. The third kappa shape index (κ3) is 8.50. The fourth-order valence-corrected chi connectivity index (χ4v) is 12.1. The average molecular weight is 1060 g/mol. The van der Waals surface area contributed by atoms with Crippen LogP contribution in [0.1, 0.15) is 97.9 Å². The second-order valence-corrected chi connectivity index (χ2v) is 20.5. The zero-order chi connectivity index (χ0) is 53.4. The number of hydrogen-bond acceptors (Lipinski definition) is 9. The van der Waals surface area contributed by atoms with Crippen LogP contribution in [0.3, 0.4) is 0 Å². The van der Waals surface area contributed by atoms with E-state index in [-0.39, 0.29) is 115 Å². The number of aromatic amines is 1. The SMILES string of the molecule is CCC1CN(C(=O)Cc2ccc3c(O)cc4c(c3c2)C(CCl)CN4C(=O)c2cc3cc(NC(C)=O)ccc3[nH]2)c2cc(O)c3ccc(C(=O)N4CC(CCl)c5c4cc(O)c4ccc(C(=O)NCCC(=N)N)cc54)cc3c21. The summed E-state index contributed by atoms with van der Waals surface area (Å²) in [4.78, 5) is 76.5. The van der Waals surface area contributed by atoms with E-state index in [1.807, 2.05) is 13.0 Å². The number of nitrogens with two attached hydrogens (primary N) is 1. The fourth-order valence-electron chi connectivity index (χ4n) is 11.6. The molecule has 0 aliphatic carbocycles. The van der Waals surface area contributed by atoms with E-state index in [4.69, 9.17) is 34.3 Å². The van der Waals surface area contributed by atoms with Crippen LogP contribution >= 0.6 is 23.2 Å². The zero-order valence-electron chi connectivity index (χ0n) is 41.4. The van der Waals surface area contributed by atoms with E-state index in [2.05, 4.69) is 15.6 Å². The van der Waals surface area contributed by atoms with Crippen molar-refractivity contribution in [3.8, 4) is 17.2 Å². The summed E-state index contributed by atoms with van der Waals surface area (Å²) < 4.78 is 0. The molecule has 386 valence electrons. The molecule has 9 N–H and O–H groups in total. The molecule has 0 bridgehead atoms. The van der Waals surface area contributed by atoms with Gasteiger partial charge in [-0.3, -0.25) is 29.4 Å². The molecule has 16 nitrogen and oxygen atoms in total. The summed E-state index contributed by atoms with van der Waals surface area (Å²) in [6, 6.07) is 27.3. The minimum absolute atomic E-state index is 0.0268. The Morgan fingerprint density at radius 1 is 0.658 bits per heavy atom. The monoisotopic (exact) mass is 1060 g/mol. The second kappa shape index (κ2) is 19.4. The van der Waals surface area contributed by atoms with Gasteiger partial charge >= 0.3 is 0 Å². The molecule has 3 unspecified atom stereocenters. The van der Waals surface area contributed by atoms with E-state index in [9.17, 15) is 39.3 Å². The Balaban J connectivity index is 0.889. The van der Waals surface area contributed by atoms with Gasteiger partial charge in [0.2, 0.25) is 11.8 Å². The van der Waals surface area contributed by atoms with Crippen LogP contribution in [0, 0.1) is 5.41 Å². The van der Waals surface area contributed by atoms with E-state index >= 15 is 0 Å². The lowest BCUT2D eigenvalue weighted by molar-refractivity contribution is -0.118. The second-order valence-electron chi connectivity index (χ2n) is 19.9. The normalized spacial score (nSPS) is 16.6. The first-order valence-corrected chi connectivity index (χ1v) is 26.1. The summed E-state index contributed by atoms with van der Waals surface area (Å²) in [7, 11) is 0. The van der Waals surface area contributed by atoms with Gasteiger partial charge in [-0.15, -0.1) is 23.2 Å². The summed E-state index contributed by atoms with van der Waals surface area (Å²) >= 11 is 13.2. The molecule has 0 radical (unpaired) electrons. The van der Waals surface area contributed by atoms with Crippen LogP contribution in [0.25, 0.3) is 43.2 Å². The molecule has 3 aliphatic heterocycles. The Labute approximate surface area is 445 Å². The molecule has 5 amide bonds. The lowest BCUT2D eigenvalue weighted by Gasteiger charge is -2.20. The van der Waals surface area contributed by atoms with E-state index in [0.29, 0.717) is 95.9 Å². The molecule has 0 saturated heterocycles. The first kappa shape index (κ1) is 49.9. The lowest BCUT2D eigenvalue weighted by atomic mass is 9.91. The topological polar surface area (TPSA) is 245 Å². The molecule has 0 fully saturated rings. The number of aromatic hydroxyl groups is 3. The van der Waals surface area contributed by atoms with Crippen molar-refractivity contribution in [3.05, 3.63) is 136 Å². The number of alkyl halides is 2. The van der Waals surface area contributed by atoms with Gasteiger partial charge in [0.25, 0.3) is 17.7 Å². The van der Waals surface area contributed by atoms with Crippen LogP contribution < -0.4 is 31.1 Å². The van der Waals surface area contributed by atoms with E-state index in [1.54, 1.807) is 106 Å². The van der Waals surface area contributed by atoms with Crippen molar-refractivity contribution in [3.63, 3.8) is 0 Å². The number of anilines is 4. The summed E-state index contributed by atoms with van der Waals surface area (Å²) in [5.74, 6) is -2.14. The molecule has 1 aromatic heterocycles. The summed E-state index contributed by atoms with van der Waals surface area (Å²) in [6.45, 7) is 4.43. The quantitative estimate of drug-likeness (QED) is 0.0329. The van der Waals surface area contributed by atoms with Crippen LogP contribution in [0.5, 0.6) is 17.2 Å². The van der Waals surface area contributed by atoms with Crippen LogP contribution in [0.4, 0.5) is 22.7 Å². The van der Waals surface area contributed by atoms with Gasteiger partial charge in [0.15, 0.2) is 0 Å². The molecule has 3 atom stereocenters. The minimum Gasteiger partial charge on any atom is -0.507 e. The smallest absolute Gasteiger partial charge is 0.274 e. The largest absolute Gasteiger partial charge is 0.507 e. The summed E-state index contributed by atoms with van der Waals surface area (Å²) in [6.07, 6.45) is 0.821. The number of carbonyl (C=O) groups is 5. The number of nitrogens with zero attached hydrogens (tertiary/aromatic N) is 3. The maximum atomic E-state index is 14.8. The highest BCUT2D eigenvalue weighted by Gasteiger charge is 2.39. The maximum Gasteiger partial charge on any atom is 0.274 e. The van der Waals surface area contributed by atoms with Crippen molar-refractivity contribution in [2.24, 2.45) is 5.73 Å². The molecule has 11 rings (SSSR count). The van der Waals surface area contributed by atoms with Gasteiger partial charge in [-0.25, -0.2) is 0 Å². The van der Waals surface area contributed by atoms with Crippen LogP contribution in [0.2, 0.25) is 0 Å². The first-order chi connectivity index (χ1) is 36.5. The Morgan fingerprint density at radius 2 is 1.20 bits per heavy atom. The molecule has 76 heavy (non-hydrogen) atoms. The number of rotatable bonds is 12. The van der Waals surface area contributed by atoms with Crippen LogP contribution in [-0.4, -0.2) is 93.6 Å². The van der Waals surface area contributed by atoms with Crippen LogP contribution in [-0.2, 0) is 16.0 Å². The predicted octanol–water partition coefficient (Wildman–Crippen LogP) is 9.81. The van der Waals surface area contributed by atoms with Crippen molar-refractivity contribution in [1.29, 1.82) is 5.41 Å². The number of amides is 5. The van der Waals surface area contributed by atoms with Crippen LogP contribution in [0.15, 0.2) is 97.1 Å². The third-order valence-electron chi connectivity index (χ3n) is 15.1. The van der Waals surface area contributed by atoms with Gasteiger partial charge in [-0.1, -0.05) is 25.1 Å². The van der Waals surface area contributed by atoms with Gasteiger partial charge in [-0.05, 0) is 105 Å². The average Bonchev–Trinajstić information content (AvgIpc) is 4.21. The molecule has 0 saturated carbocycles. The Kier molecular flexibility index (Phi) is 12.7. The Morgan fingerprint density at radius 3 is 1.79 bits per heavy atom. The van der Waals surface area contributed by atoms with E-state index < -0.39 is 0 Å². The highest BCUT2D eigenvalue weighted by molar-refractivity contribution is 6.21. The van der Waals surface area contributed by atoms with Gasteiger partial charge < -0.3 is 51.4 Å². The number of hydrogen-bond donors (Lipinski definition) is 8. The van der Waals surface area contributed by atoms with Crippen molar-refractivity contribution >= 4 is 125 Å². The van der Waals surface area contributed by atoms with Gasteiger partial charge in [0, 0.05) is 131 Å². The highest BCUT2D eigenvalue weighted by atomic mass is 35.5. The van der Waals surface area contributed by atoms with Crippen molar-refractivity contribution < 1.29 is 39.3 Å². The molecular weight excluding hydrogens is 1010 g/mol. The van der Waals surface area contributed by atoms with Gasteiger partial charge in [0.1, 0.15) is 22.9 Å². The summed E-state index contributed by atoms with van der Waals surface area (Å²) in [5.41, 5.74) is 12.3. The number of aromatic nitrogens is 1. The van der Waals surface area contributed by atoms with Gasteiger partial charge in [0.05, 0.1) is 29.3 Å². The number of phenolic OH excluding ortho intramolecular Hbond substituents is 3. The molecule has 4 heterocycles. The molecular formula is C58H52Cl2N8O8. The fraction of sp³-hybridized carbons (Fsp3) is 0.241. The third-order valence-corrected chi connectivity index (χ3v) is 15.9. The van der Waals surface area contributed by atoms with Gasteiger partial charge in [-0.2, -0.15) is 0 Å². The van der Waals surface area contributed by atoms with E-state index in [1.165, 1.54) is 6.92 Å². The minimum atomic E-state index is -0.377. The van der Waals surface area contributed by atoms with Crippen molar-refractivity contribution in [1.82, 2.24) is 10.3 Å². The van der Waals surface area contributed by atoms with E-state index in [0.717, 1.165) is 22.1 Å².